The van der Waals surface area contributed by atoms with Gasteiger partial charge in [0.15, 0.2) is 0 Å². The van der Waals surface area contributed by atoms with Gasteiger partial charge in [-0.1, -0.05) is 11.8 Å². The highest BCUT2D eigenvalue weighted by Crippen LogP contribution is 2.21. The Morgan fingerprint density at radius 1 is 1.55 bits per heavy atom. The van der Waals surface area contributed by atoms with Crippen LogP contribution in [0.4, 0.5) is 13.2 Å². The van der Waals surface area contributed by atoms with Gasteiger partial charge in [0, 0.05) is 18.4 Å². The van der Waals surface area contributed by atoms with Gasteiger partial charge in [-0.15, -0.1) is 0 Å². The van der Waals surface area contributed by atoms with E-state index in [9.17, 15) is 18.0 Å². The van der Waals surface area contributed by atoms with Crippen molar-refractivity contribution in [2.75, 3.05) is 6.54 Å². The van der Waals surface area contributed by atoms with Gasteiger partial charge in [0.1, 0.15) is 0 Å². The number of pyridine rings is 1. The molecular weight excluding hydrogens is 271 g/mol. The molecule has 0 spiro atoms. The second-order valence-electron chi connectivity index (χ2n) is 4.12. The minimum absolute atomic E-state index is 0.112. The molecule has 0 aromatic carbocycles. The van der Waals surface area contributed by atoms with E-state index in [0.717, 1.165) is 0 Å². The van der Waals surface area contributed by atoms with Crippen LogP contribution in [0.15, 0.2) is 18.5 Å². The summed E-state index contributed by atoms with van der Waals surface area (Å²) in [5, 5.41) is 2.28. The number of alkyl halides is 3. The zero-order valence-electron chi connectivity index (χ0n) is 10.8. The van der Waals surface area contributed by atoms with Gasteiger partial charge in [-0.3, -0.25) is 9.78 Å². The SMILES string of the molecule is CC(CC(F)(F)F)NC(=O)c1ccncc1C#CCN. The number of nitrogens with two attached hydrogens (primary N) is 1. The summed E-state index contributed by atoms with van der Waals surface area (Å²) in [6.45, 7) is 1.40. The largest absolute Gasteiger partial charge is 0.391 e. The maximum absolute atomic E-state index is 12.2. The molecule has 0 aliphatic carbocycles. The Kier molecular flexibility index (Phi) is 5.53. The quantitative estimate of drug-likeness (QED) is 0.826. The molecule has 20 heavy (non-hydrogen) atoms. The molecule has 1 unspecified atom stereocenters. The average molecular weight is 285 g/mol. The fraction of sp³-hybridized carbons (Fsp3) is 0.385. The molecule has 4 nitrogen and oxygen atoms in total. The number of hydrogen-bond acceptors (Lipinski definition) is 3. The zero-order valence-corrected chi connectivity index (χ0v) is 10.8. The van der Waals surface area contributed by atoms with Crippen LogP contribution in [0.25, 0.3) is 0 Å². The maximum atomic E-state index is 12.2. The Labute approximate surface area is 114 Å². The Hall–Kier alpha value is -2.07. The molecule has 1 rings (SSSR count). The summed E-state index contributed by atoms with van der Waals surface area (Å²) in [6, 6.07) is 0.377. The zero-order chi connectivity index (χ0) is 15.2. The Bertz CT molecular complexity index is 532. The molecule has 3 N–H and O–H groups in total. The summed E-state index contributed by atoms with van der Waals surface area (Å²) in [7, 11) is 0. The van der Waals surface area contributed by atoms with Gasteiger partial charge >= 0.3 is 6.18 Å². The van der Waals surface area contributed by atoms with Crippen LogP contribution in [0, 0.1) is 11.8 Å². The molecule has 0 aliphatic rings. The molecule has 1 aromatic heterocycles. The van der Waals surface area contributed by atoms with Crippen LogP contribution in [-0.2, 0) is 0 Å². The highest BCUT2D eigenvalue weighted by molar-refractivity contribution is 5.96. The van der Waals surface area contributed by atoms with E-state index >= 15 is 0 Å². The van der Waals surface area contributed by atoms with Gasteiger partial charge in [0.05, 0.1) is 24.1 Å². The standard InChI is InChI=1S/C13H14F3N3O/c1-9(7-13(14,15)16)19-12(20)11-4-6-18-8-10(11)3-2-5-17/h4,6,8-9H,5,7,17H2,1H3,(H,19,20). The number of halogens is 3. The molecule has 0 fully saturated rings. The molecule has 1 heterocycles. The highest BCUT2D eigenvalue weighted by Gasteiger charge is 2.30. The van der Waals surface area contributed by atoms with E-state index in [1.807, 2.05) is 0 Å². The number of hydrogen-bond donors (Lipinski definition) is 2. The predicted octanol–water partition coefficient (Wildman–Crippen LogP) is 1.46. The van der Waals surface area contributed by atoms with Crippen molar-refractivity contribution in [2.24, 2.45) is 5.73 Å². The van der Waals surface area contributed by atoms with Crippen molar-refractivity contribution in [3.8, 4) is 11.8 Å². The first-order valence-corrected chi connectivity index (χ1v) is 5.84. The van der Waals surface area contributed by atoms with Crippen molar-refractivity contribution >= 4 is 5.91 Å². The second-order valence-corrected chi connectivity index (χ2v) is 4.12. The number of carbonyl (C=O) groups excluding carboxylic acids is 1. The van der Waals surface area contributed by atoms with E-state index in [1.54, 1.807) is 0 Å². The highest BCUT2D eigenvalue weighted by atomic mass is 19.4. The lowest BCUT2D eigenvalue weighted by molar-refractivity contribution is -0.138. The first kappa shape index (κ1) is 16.0. The fourth-order valence-corrected chi connectivity index (χ4v) is 1.54. The van der Waals surface area contributed by atoms with Crippen molar-refractivity contribution < 1.29 is 18.0 Å². The molecular formula is C13H14F3N3O. The van der Waals surface area contributed by atoms with Crippen LogP contribution in [0.2, 0.25) is 0 Å². The Morgan fingerprint density at radius 3 is 2.85 bits per heavy atom. The predicted molar refractivity (Wildman–Crippen MR) is 67.8 cm³/mol. The molecule has 0 bridgehead atoms. The minimum atomic E-state index is -4.33. The van der Waals surface area contributed by atoms with Crippen molar-refractivity contribution in [2.45, 2.75) is 25.6 Å². The van der Waals surface area contributed by atoms with Crippen LogP contribution >= 0.6 is 0 Å². The lowest BCUT2D eigenvalue weighted by atomic mass is 10.1. The van der Waals surface area contributed by atoms with Crippen molar-refractivity contribution in [3.63, 3.8) is 0 Å². The average Bonchev–Trinajstić information content (AvgIpc) is 2.34. The smallest absolute Gasteiger partial charge is 0.349 e. The van der Waals surface area contributed by atoms with Gasteiger partial charge in [-0.05, 0) is 13.0 Å². The van der Waals surface area contributed by atoms with Gasteiger partial charge in [-0.25, -0.2) is 0 Å². The van der Waals surface area contributed by atoms with E-state index in [4.69, 9.17) is 5.73 Å². The summed E-state index contributed by atoms with van der Waals surface area (Å²) in [4.78, 5) is 15.7. The molecule has 1 amide bonds. The first-order chi connectivity index (χ1) is 9.33. The maximum Gasteiger partial charge on any atom is 0.391 e. The normalized spacial score (nSPS) is 12.2. The van der Waals surface area contributed by atoms with Crippen LogP contribution in [-0.4, -0.2) is 29.7 Å². The third-order valence-electron chi connectivity index (χ3n) is 2.31. The van der Waals surface area contributed by atoms with Crippen molar-refractivity contribution in [1.29, 1.82) is 0 Å². The molecule has 1 aromatic rings. The van der Waals surface area contributed by atoms with Crippen LogP contribution in [0.5, 0.6) is 0 Å². The summed E-state index contributed by atoms with van der Waals surface area (Å²) in [5.41, 5.74) is 5.74. The van der Waals surface area contributed by atoms with E-state index in [-0.39, 0.29) is 12.1 Å². The third kappa shape index (κ3) is 5.28. The van der Waals surface area contributed by atoms with Gasteiger partial charge in [0.2, 0.25) is 0 Å². The van der Waals surface area contributed by atoms with E-state index < -0.39 is 24.5 Å². The monoisotopic (exact) mass is 285 g/mol. The molecule has 0 radical (unpaired) electrons. The third-order valence-corrected chi connectivity index (χ3v) is 2.31. The number of amides is 1. The summed E-state index contributed by atoms with van der Waals surface area (Å²) < 4.78 is 36.6. The van der Waals surface area contributed by atoms with Crippen LogP contribution in [0.3, 0.4) is 0 Å². The van der Waals surface area contributed by atoms with E-state index in [0.29, 0.717) is 5.56 Å². The van der Waals surface area contributed by atoms with Gasteiger partial charge < -0.3 is 11.1 Å². The minimum Gasteiger partial charge on any atom is -0.349 e. The van der Waals surface area contributed by atoms with Crippen LogP contribution in [0.1, 0.15) is 29.3 Å². The van der Waals surface area contributed by atoms with E-state index in [2.05, 4.69) is 22.1 Å². The second kappa shape index (κ2) is 6.91. The number of rotatable bonds is 3. The van der Waals surface area contributed by atoms with Crippen molar-refractivity contribution in [1.82, 2.24) is 10.3 Å². The summed E-state index contributed by atoms with van der Waals surface area (Å²) in [6.07, 6.45) is -2.68. The Balaban J connectivity index is 2.82. The number of aromatic nitrogens is 1. The number of nitrogens with zero attached hydrogens (tertiary/aromatic N) is 1. The number of carbonyl (C=O) groups is 1. The molecule has 0 aliphatic heterocycles. The molecule has 7 heteroatoms. The molecule has 1 atom stereocenters. The first-order valence-electron chi connectivity index (χ1n) is 5.84. The van der Waals surface area contributed by atoms with Crippen molar-refractivity contribution in [3.05, 3.63) is 29.6 Å². The fourth-order valence-electron chi connectivity index (χ4n) is 1.54. The summed E-state index contributed by atoms with van der Waals surface area (Å²) >= 11 is 0. The topological polar surface area (TPSA) is 68.0 Å². The summed E-state index contributed by atoms with van der Waals surface area (Å²) in [5.74, 6) is 4.60. The molecule has 0 saturated carbocycles. The number of nitrogens with one attached hydrogen (secondary N) is 1. The lowest BCUT2D eigenvalue weighted by Crippen LogP contribution is -2.36. The van der Waals surface area contributed by atoms with E-state index in [1.165, 1.54) is 25.4 Å². The molecule has 108 valence electrons. The molecule has 0 saturated heterocycles. The van der Waals surface area contributed by atoms with Crippen LogP contribution < -0.4 is 11.1 Å². The lowest BCUT2D eigenvalue weighted by Gasteiger charge is -2.16. The van der Waals surface area contributed by atoms with Gasteiger partial charge in [-0.2, -0.15) is 13.2 Å². The Morgan fingerprint density at radius 2 is 2.25 bits per heavy atom. The van der Waals surface area contributed by atoms with Gasteiger partial charge in [0.25, 0.3) is 5.91 Å².